The molecule has 0 radical (unpaired) electrons. The highest BCUT2D eigenvalue weighted by molar-refractivity contribution is 5.26. The molecule has 0 fully saturated rings. The fourth-order valence-electron chi connectivity index (χ4n) is 1.88. The number of methoxy groups -OCH3 is 1. The molecule has 4 heteroatoms. The maximum absolute atomic E-state index is 5.40. The highest BCUT2D eigenvalue weighted by Crippen LogP contribution is 2.12. The van der Waals surface area contributed by atoms with Gasteiger partial charge < -0.3 is 19.4 Å². The topological polar surface area (TPSA) is 35.4 Å². The van der Waals surface area contributed by atoms with Crippen LogP contribution in [0.3, 0.4) is 0 Å². The van der Waals surface area contributed by atoms with Gasteiger partial charge in [0, 0.05) is 38.7 Å². The first-order valence-electron chi connectivity index (χ1n) is 6.56. The molecule has 4 nitrogen and oxygen atoms in total. The number of nitrogens with one attached hydrogen (secondary N) is 1. The van der Waals surface area contributed by atoms with E-state index in [0.29, 0.717) is 13.2 Å². The van der Waals surface area contributed by atoms with Crippen molar-refractivity contribution in [1.82, 2.24) is 9.88 Å². The summed E-state index contributed by atoms with van der Waals surface area (Å²) in [6.07, 6.45) is 1.04. The highest BCUT2D eigenvalue weighted by Gasteiger charge is 2.04. The molecule has 0 atom stereocenters. The Morgan fingerprint density at radius 2 is 2.00 bits per heavy atom. The summed E-state index contributed by atoms with van der Waals surface area (Å²) in [7, 11) is 3.80. The molecule has 1 aromatic heterocycles. The van der Waals surface area contributed by atoms with E-state index < -0.39 is 0 Å². The van der Waals surface area contributed by atoms with Crippen LogP contribution in [-0.2, 0) is 23.1 Å². The van der Waals surface area contributed by atoms with Gasteiger partial charge in [0.15, 0.2) is 0 Å². The predicted octanol–water partition coefficient (Wildman–Crippen LogP) is 1.78. The lowest BCUT2D eigenvalue weighted by atomic mass is 10.2. The molecule has 1 rings (SSSR count). The second-order valence-electron chi connectivity index (χ2n) is 4.59. The number of hydrogen-bond donors (Lipinski definition) is 1. The van der Waals surface area contributed by atoms with Gasteiger partial charge in [0.1, 0.15) is 0 Å². The van der Waals surface area contributed by atoms with E-state index in [1.54, 1.807) is 7.11 Å². The summed E-state index contributed by atoms with van der Waals surface area (Å²) in [4.78, 5) is 0. The number of rotatable bonds is 9. The molecule has 0 saturated carbocycles. The lowest BCUT2D eigenvalue weighted by Crippen LogP contribution is -2.17. The minimum atomic E-state index is 0.677. The van der Waals surface area contributed by atoms with Crippen molar-refractivity contribution in [1.29, 1.82) is 0 Å². The summed E-state index contributed by atoms with van der Waals surface area (Å²) in [6, 6.07) is 2.25. The molecular formula is C14H26N2O2. The van der Waals surface area contributed by atoms with Crippen LogP contribution >= 0.6 is 0 Å². The normalized spacial score (nSPS) is 11.1. The Balaban J connectivity index is 2.09. The Morgan fingerprint density at radius 3 is 2.61 bits per heavy atom. The first kappa shape index (κ1) is 15.2. The van der Waals surface area contributed by atoms with E-state index in [9.17, 15) is 0 Å². The summed E-state index contributed by atoms with van der Waals surface area (Å²) in [6.45, 7) is 8.39. The average Bonchev–Trinajstić information content (AvgIpc) is 2.60. The van der Waals surface area contributed by atoms with Gasteiger partial charge in [0.2, 0.25) is 0 Å². The maximum Gasteiger partial charge on any atom is 0.0700 e. The monoisotopic (exact) mass is 254 g/mol. The minimum absolute atomic E-state index is 0.677. The zero-order valence-electron chi connectivity index (χ0n) is 12.1. The second-order valence-corrected chi connectivity index (χ2v) is 4.59. The van der Waals surface area contributed by atoms with Crippen molar-refractivity contribution >= 4 is 0 Å². The van der Waals surface area contributed by atoms with Crippen molar-refractivity contribution < 1.29 is 9.47 Å². The number of hydrogen-bond acceptors (Lipinski definition) is 3. The Kier molecular flexibility index (Phi) is 7.01. The van der Waals surface area contributed by atoms with Gasteiger partial charge in [-0.3, -0.25) is 0 Å². The molecule has 18 heavy (non-hydrogen) atoms. The SMILES string of the molecule is COCCOCCCNCc1cc(C)n(C)c1C. The predicted molar refractivity (Wildman–Crippen MR) is 73.9 cm³/mol. The minimum Gasteiger partial charge on any atom is -0.382 e. The lowest BCUT2D eigenvalue weighted by Gasteiger charge is -2.06. The van der Waals surface area contributed by atoms with Gasteiger partial charge in [-0.05, 0) is 38.4 Å². The zero-order valence-corrected chi connectivity index (χ0v) is 12.1. The molecule has 0 bridgehead atoms. The highest BCUT2D eigenvalue weighted by atomic mass is 16.5. The van der Waals surface area contributed by atoms with Gasteiger partial charge >= 0.3 is 0 Å². The largest absolute Gasteiger partial charge is 0.382 e. The molecule has 0 unspecified atom stereocenters. The van der Waals surface area contributed by atoms with Crippen LogP contribution in [0.25, 0.3) is 0 Å². The van der Waals surface area contributed by atoms with Gasteiger partial charge in [-0.25, -0.2) is 0 Å². The third-order valence-electron chi connectivity index (χ3n) is 3.27. The van der Waals surface area contributed by atoms with Crippen molar-refractivity contribution in [3.8, 4) is 0 Å². The molecule has 1 heterocycles. The standard InChI is InChI=1S/C14H26N2O2/c1-12-10-14(13(2)16(12)3)11-15-6-5-7-18-9-8-17-4/h10,15H,5-9,11H2,1-4H3. The molecule has 104 valence electrons. The number of nitrogens with zero attached hydrogens (tertiary/aromatic N) is 1. The molecule has 0 saturated heterocycles. The van der Waals surface area contributed by atoms with Gasteiger partial charge in [-0.1, -0.05) is 0 Å². The van der Waals surface area contributed by atoms with Gasteiger partial charge in [0.05, 0.1) is 13.2 Å². The van der Waals surface area contributed by atoms with Gasteiger partial charge in [0.25, 0.3) is 0 Å². The van der Waals surface area contributed by atoms with E-state index in [1.807, 2.05) is 0 Å². The van der Waals surface area contributed by atoms with E-state index in [0.717, 1.165) is 26.1 Å². The van der Waals surface area contributed by atoms with Crippen molar-refractivity contribution in [3.05, 3.63) is 23.0 Å². The lowest BCUT2D eigenvalue weighted by molar-refractivity contribution is 0.0695. The van der Waals surface area contributed by atoms with E-state index >= 15 is 0 Å². The molecule has 0 aliphatic carbocycles. The van der Waals surface area contributed by atoms with Crippen LogP contribution in [0.4, 0.5) is 0 Å². The summed E-state index contributed by atoms with van der Waals surface area (Å²) in [5, 5.41) is 3.45. The molecule has 0 amide bonds. The summed E-state index contributed by atoms with van der Waals surface area (Å²) < 4.78 is 12.5. The Hall–Kier alpha value is -0.840. The third kappa shape index (κ3) is 4.80. The van der Waals surface area contributed by atoms with Crippen molar-refractivity contribution in [2.24, 2.45) is 7.05 Å². The van der Waals surface area contributed by atoms with Crippen molar-refractivity contribution in [2.75, 3.05) is 33.5 Å². The molecule has 0 aliphatic rings. The molecule has 0 aliphatic heterocycles. The molecule has 1 N–H and O–H groups in total. The van der Waals surface area contributed by atoms with Crippen LogP contribution in [0.1, 0.15) is 23.4 Å². The third-order valence-corrected chi connectivity index (χ3v) is 3.27. The van der Waals surface area contributed by atoms with Gasteiger partial charge in [-0.15, -0.1) is 0 Å². The van der Waals surface area contributed by atoms with E-state index in [-0.39, 0.29) is 0 Å². The first-order chi connectivity index (χ1) is 8.66. The van der Waals surface area contributed by atoms with Crippen LogP contribution in [0.2, 0.25) is 0 Å². The zero-order chi connectivity index (χ0) is 13.4. The van der Waals surface area contributed by atoms with Crippen LogP contribution in [0.5, 0.6) is 0 Å². The van der Waals surface area contributed by atoms with E-state index in [1.165, 1.54) is 17.0 Å². The fourth-order valence-corrected chi connectivity index (χ4v) is 1.88. The molecule has 0 aromatic carbocycles. The maximum atomic E-state index is 5.40. The van der Waals surface area contributed by atoms with Crippen molar-refractivity contribution in [3.63, 3.8) is 0 Å². The first-order valence-corrected chi connectivity index (χ1v) is 6.56. The van der Waals surface area contributed by atoms with Crippen LogP contribution in [-0.4, -0.2) is 38.0 Å². The van der Waals surface area contributed by atoms with Crippen molar-refractivity contribution in [2.45, 2.75) is 26.8 Å². The van der Waals surface area contributed by atoms with E-state index in [4.69, 9.17) is 9.47 Å². The Morgan fingerprint density at radius 1 is 1.22 bits per heavy atom. The average molecular weight is 254 g/mol. The summed E-state index contributed by atoms with van der Waals surface area (Å²) in [5.41, 5.74) is 4.04. The van der Waals surface area contributed by atoms with Crippen LogP contribution in [0.15, 0.2) is 6.07 Å². The molecule has 1 aromatic rings. The number of ether oxygens (including phenoxy) is 2. The second kappa shape index (κ2) is 8.29. The molecular weight excluding hydrogens is 228 g/mol. The summed E-state index contributed by atoms with van der Waals surface area (Å²) >= 11 is 0. The van der Waals surface area contributed by atoms with E-state index in [2.05, 4.69) is 36.8 Å². The Bertz CT molecular complexity index is 348. The fraction of sp³-hybridized carbons (Fsp3) is 0.714. The number of aromatic nitrogens is 1. The smallest absolute Gasteiger partial charge is 0.0700 e. The molecule has 0 spiro atoms. The van der Waals surface area contributed by atoms with Crippen LogP contribution < -0.4 is 5.32 Å². The van der Waals surface area contributed by atoms with Crippen LogP contribution in [0, 0.1) is 13.8 Å². The quantitative estimate of drug-likeness (QED) is 0.682. The van der Waals surface area contributed by atoms with Gasteiger partial charge in [-0.2, -0.15) is 0 Å². The summed E-state index contributed by atoms with van der Waals surface area (Å²) in [5.74, 6) is 0. The Labute approximate surface area is 110 Å². The number of aryl methyl sites for hydroxylation is 1.